The van der Waals surface area contributed by atoms with Gasteiger partial charge in [0.15, 0.2) is 0 Å². The summed E-state index contributed by atoms with van der Waals surface area (Å²) < 4.78 is 0. The summed E-state index contributed by atoms with van der Waals surface area (Å²) in [6, 6.07) is 25.3. The number of nitrogens with one attached hydrogen (secondary N) is 2. The van der Waals surface area contributed by atoms with Crippen LogP contribution in [0.4, 0.5) is 0 Å². The predicted octanol–water partition coefficient (Wildman–Crippen LogP) is 6.14. The van der Waals surface area contributed by atoms with Crippen molar-refractivity contribution in [3.63, 3.8) is 0 Å². The molecule has 1 aliphatic rings. The molecule has 3 aromatic carbocycles. The number of pyridine rings is 1. The summed E-state index contributed by atoms with van der Waals surface area (Å²) in [6.07, 6.45) is 2.09. The van der Waals surface area contributed by atoms with Crippen molar-refractivity contribution in [1.29, 1.82) is 0 Å². The van der Waals surface area contributed by atoms with E-state index in [1.54, 1.807) is 12.1 Å². The molecule has 188 valence electrons. The average Bonchev–Trinajstić information content (AvgIpc) is 2.90. The number of H-pyrrole nitrogens is 2. The Bertz CT molecular complexity index is 1790. The van der Waals surface area contributed by atoms with Crippen LogP contribution in [0.3, 0.4) is 0 Å². The molecule has 1 aliphatic heterocycles. The van der Waals surface area contributed by atoms with Gasteiger partial charge in [0.2, 0.25) is 0 Å². The molecule has 0 unspecified atom stereocenters. The molecule has 38 heavy (non-hydrogen) atoms. The van der Waals surface area contributed by atoms with Gasteiger partial charge in [-0.3, -0.25) is 19.7 Å². The van der Waals surface area contributed by atoms with Gasteiger partial charge in [-0.15, -0.1) is 0 Å². The molecule has 0 atom stereocenters. The van der Waals surface area contributed by atoms with Crippen molar-refractivity contribution in [2.24, 2.45) is 0 Å². The quantitative estimate of drug-likeness (QED) is 0.286. The lowest BCUT2D eigenvalue weighted by molar-refractivity contribution is 0.283. The SMILES string of the molecule is O=c1[nH]c(=O)c2c(-c3ccc(Cl)cc3)c3c(nc2[nH]1)/C(=C/c1ccc(Cl)cc1)CN(Cc1ccccc1)C3. The van der Waals surface area contributed by atoms with Crippen molar-refractivity contribution in [1.82, 2.24) is 19.9 Å². The molecule has 5 aromatic rings. The Morgan fingerprint density at radius 2 is 1.53 bits per heavy atom. The zero-order valence-electron chi connectivity index (χ0n) is 20.2. The third-order valence-electron chi connectivity index (χ3n) is 6.66. The second-order valence-corrected chi connectivity index (χ2v) is 10.2. The number of aromatic nitrogens is 3. The van der Waals surface area contributed by atoms with E-state index < -0.39 is 11.2 Å². The number of rotatable bonds is 4. The minimum absolute atomic E-state index is 0.251. The van der Waals surface area contributed by atoms with Crippen molar-refractivity contribution in [3.05, 3.63) is 132 Å². The topological polar surface area (TPSA) is 81.8 Å². The summed E-state index contributed by atoms with van der Waals surface area (Å²) in [7, 11) is 0. The normalized spacial score (nSPS) is 14.6. The largest absolute Gasteiger partial charge is 0.327 e. The molecule has 2 aromatic heterocycles. The van der Waals surface area contributed by atoms with E-state index in [4.69, 9.17) is 28.2 Å². The zero-order chi connectivity index (χ0) is 26.2. The number of fused-ring (bicyclic) bond motifs is 2. The molecule has 6 nitrogen and oxygen atoms in total. The Labute approximate surface area is 228 Å². The average molecular weight is 541 g/mol. The molecule has 6 rings (SSSR count). The van der Waals surface area contributed by atoms with Crippen LogP contribution in [0.15, 0.2) is 88.5 Å². The first kappa shape index (κ1) is 24.4. The van der Waals surface area contributed by atoms with Gasteiger partial charge in [0.25, 0.3) is 5.56 Å². The van der Waals surface area contributed by atoms with E-state index in [9.17, 15) is 9.59 Å². The highest BCUT2D eigenvalue weighted by molar-refractivity contribution is 6.31. The van der Waals surface area contributed by atoms with Crippen LogP contribution in [0.25, 0.3) is 33.8 Å². The fraction of sp³-hybridized carbons (Fsp3) is 0.100. The fourth-order valence-corrected chi connectivity index (χ4v) is 5.27. The summed E-state index contributed by atoms with van der Waals surface area (Å²) >= 11 is 12.3. The van der Waals surface area contributed by atoms with Gasteiger partial charge in [-0.25, -0.2) is 9.78 Å². The van der Waals surface area contributed by atoms with Crippen LogP contribution >= 0.6 is 23.2 Å². The van der Waals surface area contributed by atoms with E-state index in [2.05, 4.69) is 33.1 Å². The minimum Gasteiger partial charge on any atom is -0.291 e. The number of hydrogen-bond donors (Lipinski definition) is 2. The van der Waals surface area contributed by atoms with Crippen molar-refractivity contribution in [3.8, 4) is 11.1 Å². The Kier molecular flexibility index (Phi) is 6.45. The number of halogens is 2. The Balaban J connectivity index is 1.62. The van der Waals surface area contributed by atoms with E-state index in [-0.39, 0.29) is 5.65 Å². The molecular formula is C30H22Cl2N4O2. The highest BCUT2D eigenvalue weighted by atomic mass is 35.5. The maximum Gasteiger partial charge on any atom is 0.327 e. The molecule has 0 radical (unpaired) electrons. The first-order valence-electron chi connectivity index (χ1n) is 12.1. The van der Waals surface area contributed by atoms with Crippen LogP contribution < -0.4 is 11.2 Å². The summed E-state index contributed by atoms with van der Waals surface area (Å²) in [5, 5.41) is 1.60. The molecule has 0 spiro atoms. The lowest BCUT2D eigenvalue weighted by Crippen LogP contribution is -2.32. The van der Waals surface area contributed by atoms with Gasteiger partial charge in [-0.05, 0) is 52.6 Å². The Morgan fingerprint density at radius 3 is 2.24 bits per heavy atom. The van der Waals surface area contributed by atoms with E-state index in [1.165, 1.54) is 5.56 Å². The molecule has 3 heterocycles. The van der Waals surface area contributed by atoms with E-state index >= 15 is 0 Å². The maximum absolute atomic E-state index is 13.1. The highest BCUT2D eigenvalue weighted by Gasteiger charge is 2.28. The van der Waals surface area contributed by atoms with Crippen molar-refractivity contribution in [2.45, 2.75) is 13.1 Å². The molecule has 2 N–H and O–H groups in total. The summed E-state index contributed by atoms with van der Waals surface area (Å²) in [4.78, 5) is 37.7. The molecular weight excluding hydrogens is 519 g/mol. The van der Waals surface area contributed by atoms with Gasteiger partial charge < -0.3 is 0 Å². The van der Waals surface area contributed by atoms with E-state index in [0.29, 0.717) is 28.5 Å². The van der Waals surface area contributed by atoms with Gasteiger partial charge in [0.1, 0.15) is 5.65 Å². The second kappa shape index (κ2) is 10.1. The smallest absolute Gasteiger partial charge is 0.291 e. The zero-order valence-corrected chi connectivity index (χ0v) is 21.7. The number of hydrogen-bond acceptors (Lipinski definition) is 4. The monoisotopic (exact) mass is 540 g/mol. The predicted molar refractivity (Wildman–Crippen MR) is 153 cm³/mol. The number of aromatic amines is 2. The van der Waals surface area contributed by atoms with Gasteiger partial charge in [-0.1, -0.05) is 77.8 Å². The van der Waals surface area contributed by atoms with E-state index in [0.717, 1.165) is 40.1 Å². The van der Waals surface area contributed by atoms with Crippen LogP contribution in [-0.2, 0) is 13.1 Å². The van der Waals surface area contributed by atoms with Gasteiger partial charge in [0.05, 0.1) is 11.1 Å². The molecule has 0 bridgehead atoms. The first-order chi connectivity index (χ1) is 18.4. The highest BCUT2D eigenvalue weighted by Crippen LogP contribution is 2.38. The van der Waals surface area contributed by atoms with Crippen molar-refractivity contribution in [2.75, 3.05) is 6.54 Å². The van der Waals surface area contributed by atoms with Gasteiger partial charge in [0, 0.05) is 40.8 Å². The Hall–Kier alpha value is -3.97. The Morgan fingerprint density at radius 1 is 0.842 bits per heavy atom. The van der Waals surface area contributed by atoms with Crippen LogP contribution in [0.5, 0.6) is 0 Å². The third kappa shape index (κ3) is 4.82. The summed E-state index contributed by atoms with van der Waals surface area (Å²) in [5.74, 6) is 0. The molecule has 0 saturated heterocycles. The van der Waals surface area contributed by atoms with Crippen LogP contribution in [0, 0.1) is 0 Å². The molecule has 0 aliphatic carbocycles. The minimum atomic E-state index is -0.596. The van der Waals surface area contributed by atoms with Crippen LogP contribution in [0.2, 0.25) is 10.0 Å². The van der Waals surface area contributed by atoms with Crippen molar-refractivity contribution >= 4 is 45.9 Å². The lowest BCUT2D eigenvalue weighted by atomic mass is 9.89. The van der Waals surface area contributed by atoms with Gasteiger partial charge in [-0.2, -0.15) is 0 Å². The van der Waals surface area contributed by atoms with Crippen LogP contribution in [-0.4, -0.2) is 26.4 Å². The fourth-order valence-electron chi connectivity index (χ4n) is 5.02. The first-order valence-corrected chi connectivity index (χ1v) is 12.9. The van der Waals surface area contributed by atoms with Crippen LogP contribution in [0.1, 0.15) is 22.4 Å². The number of benzene rings is 3. The van der Waals surface area contributed by atoms with E-state index in [1.807, 2.05) is 54.6 Å². The number of nitrogens with zero attached hydrogens (tertiary/aromatic N) is 2. The lowest BCUT2D eigenvalue weighted by Gasteiger charge is -2.32. The molecule has 0 amide bonds. The standard InChI is InChI=1S/C30H22Cl2N4O2/c31-22-10-6-18(7-11-22)14-21-16-36(15-19-4-2-1-3-5-19)17-24-25(20-8-12-23(32)13-9-20)26-28(33-27(21)24)34-30(38)35-29(26)37/h1-14H,15-17H2,(H2,33,34,35,37,38)/b21-14+. The summed E-state index contributed by atoms with van der Waals surface area (Å²) in [6.45, 7) is 1.93. The molecule has 0 fully saturated rings. The summed E-state index contributed by atoms with van der Waals surface area (Å²) in [5.41, 5.74) is 5.54. The maximum atomic E-state index is 13.1. The van der Waals surface area contributed by atoms with Crippen molar-refractivity contribution < 1.29 is 0 Å². The third-order valence-corrected chi connectivity index (χ3v) is 7.16. The second-order valence-electron chi connectivity index (χ2n) is 9.30. The van der Waals surface area contributed by atoms with Gasteiger partial charge >= 0.3 is 5.69 Å². The molecule has 8 heteroatoms. The molecule has 0 saturated carbocycles.